The first kappa shape index (κ1) is 20.3. The minimum Gasteiger partial charge on any atom is -0.481 e. The number of aromatic nitrogens is 2. The summed E-state index contributed by atoms with van der Waals surface area (Å²) >= 11 is 1.32. The number of rotatable bonds is 9. The van der Waals surface area contributed by atoms with Crippen molar-refractivity contribution in [3.63, 3.8) is 0 Å². The molecule has 0 aliphatic carbocycles. The van der Waals surface area contributed by atoms with Crippen LogP contribution in [0, 0.1) is 6.92 Å². The molecule has 9 nitrogen and oxygen atoms in total. The van der Waals surface area contributed by atoms with Crippen molar-refractivity contribution in [3.05, 3.63) is 51.4 Å². The zero-order valence-corrected chi connectivity index (χ0v) is 16.4. The summed E-state index contributed by atoms with van der Waals surface area (Å²) in [7, 11) is 0. The summed E-state index contributed by atoms with van der Waals surface area (Å²) in [4.78, 5) is 41.2. The highest BCUT2D eigenvalue weighted by atomic mass is 32.1. The van der Waals surface area contributed by atoms with Crippen molar-refractivity contribution in [2.24, 2.45) is 0 Å². The number of fused-ring (bicyclic) bond motifs is 1. The highest BCUT2D eigenvalue weighted by molar-refractivity contribution is 7.14. The molecule has 29 heavy (non-hydrogen) atoms. The fourth-order valence-corrected chi connectivity index (χ4v) is 3.67. The van der Waals surface area contributed by atoms with Crippen molar-refractivity contribution in [3.8, 4) is 0 Å². The molecule has 0 saturated heterocycles. The van der Waals surface area contributed by atoms with Gasteiger partial charge in [0.05, 0.1) is 16.6 Å². The minimum absolute atomic E-state index is 0.0259. The van der Waals surface area contributed by atoms with E-state index in [2.05, 4.69) is 20.6 Å². The van der Waals surface area contributed by atoms with Crippen LogP contribution in [0.15, 0.2) is 34.4 Å². The largest absolute Gasteiger partial charge is 0.481 e. The van der Waals surface area contributed by atoms with Crippen molar-refractivity contribution in [1.82, 2.24) is 9.97 Å². The molecule has 2 aromatic heterocycles. The molecule has 0 aliphatic heterocycles. The molecule has 0 radical (unpaired) electrons. The maximum absolute atomic E-state index is 12.1. The average Bonchev–Trinajstić information content (AvgIpc) is 3.10. The number of aryl methyl sites for hydroxylation is 1. The van der Waals surface area contributed by atoms with Crippen LogP contribution in [0.25, 0.3) is 10.9 Å². The van der Waals surface area contributed by atoms with Gasteiger partial charge in [0.15, 0.2) is 0 Å². The number of aromatic amines is 1. The predicted octanol–water partition coefficient (Wildman–Crippen LogP) is 2.64. The quantitative estimate of drug-likeness (QED) is 0.358. The lowest BCUT2D eigenvalue weighted by atomic mass is 10.1. The molecule has 1 atom stereocenters. The van der Waals surface area contributed by atoms with Crippen LogP contribution in [-0.2, 0) is 16.1 Å². The molecule has 2 heterocycles. The summed E-state index contributed by atoms with van der Waals surface area (Å²) in [5.41, 5.74) is 1.99. The number of thiophene rings is 1. The van der Waals surface area contributed by atoms with Gasteiger partial charge in [-0.25, -0.2) is 9.78 Å². The molecule has 0 aliphatic rings. The Labute approximate surface area is 169 Å². The fraction of sp³-hybridized carbons (Fsp3) is 0.263. The van der Waals surface area contributed by atoms with E-state index in [9.17, 15) is 19.5 Å². The maximum Gasteiger partial charge on any atom is 0.326 e. The Morgan fingerprint density at radius 1 is 1.28 bits per heavy atom. The van der Waals surface area contributed by atoms with Crippen molar-refractivity contribution < 1.29 is 19.8 Å². The molecule has 3 rings (SSSR count). The van der Waals surface area contributed by atoms with E-state index in [0.717, 1.165) is 5.56 Å². The van der Waals surface area contributed by atoms with E-state index in [-0.39, 0.29) is 18.4 Å². The summed E-state index contributed by atoms with van der Waals surface area (Å²) in [6, 6.07) is 6.22. The van der Waals surface area contributed by atoms with Crippen LogP contribution in [0.2, 0.25) is 0 Å². The van der Waals surface area contributed by atoms with Gasteiger partial charge in [-0.1, -0.05) is 6.07 Å². The lowest BCUT2D eigenvalue weighted by Crippen LogP contribution is -2.29. The number of H-pyrrole nitrogens is 1. The van der Waals surface area contributed by atoms with Gasteiger partial charge in [0, 0.05) is 13.0 Å². The molecule has 0 unspecified atom stereocenters. The molecule has 0 amide bonds. The minimum atomic E-state index is -1.11. The molecule has 0 saturated carbocycles. The number of aliphatic carboxylic acids is 2. The molecular weight excluding hydrogens is 396 g/mol. The summed E-state index contributed by atoms with van der Waals surface area (Å²) in [5, 5.41) is 27.1. The zero-order chi connectivity index (χ0) is 21.0. The van der Waals surface area contributed by atoms with Gasteiger partial charge in [-0.3, -0.25) is 9.59 Å². The number of carboxylic acid groups (broad SMARTS) is 2. The second-order valence-corrected chi connectivity index (χ2v) is 7.40. The Morgan fingerprint density at radius 2 is 2.07 bits per heavy atom. The van der Waals surface area contributed by atoms with Crippen LogP contribution < -0.4 is 16.2 Å². The predicted molar refractivity (Wildman–Crippen MR) is 111 cm³/mol. The van der Waals surface area contributed by atoms with Crippen LogP contribution in [0.1, 0.15) is 24.2 Å². The fourth-order valence-electron chi connectivity index (χ4n) is 2.85. The number of benzene rings is 1. The van der Waals surface area contributed by atoms with Gasteiger partial charge in [-0.2, -0.15) is 0 Å². The lowest BCUT2D eigenvalue weighted by Gasteiger charge is -2.16. The van der Waals surface area contributed by atoms with Crippen LogP contribution in [0.3, 0.4) is 0 Å². The van der Waals surface area contributed by atoms with Crippen molar-refractivity contribution >= 4 is 44.9 Å². The number of hydrogen-bond acceptors (Lipinski definition) is 7. The Balaban J connectivity index is 1.71. The number of anilines is 2. The molecule has 0 bridgehead atoms. The molecular formula is C19H20N4O5S. The average molecular weight is 416 g/mol. The van der Waals surface area contributed by atoms with Crippen molar-refractivity contribution in [1.29, 1.82) is 0 Å². The molecule has 10 heteroatoms. The van der Waals surface area contributed by atoms with Gasteiger partial charge >= 0.3 is 11.9 Å². The van der Waals surface area contributed by atoms with E-state index in [1.54, 1.807) is 24.4 Å². The van der Waals surface area contributed by atoms with E-state index in [1.807, 2.05) is 12.1 Å². The maximum atomic E-state index is 12.1. The topological polar surface area (TPSA) is 144 Å². The third-order valence-electron chi connectivity index (χ3n) is 4.29. The summed E-state index contributed by atoms with van der Waals surface area (Å²) < 4.78 is 0. The molecule has 5 N–H and O–H groups in total. The summed E-state index contributed by atoms with van der Waals surface area (Å²) in [6.45, 7) is 2.14. The second-order valence-electron chi connectivity index (χ2n) is 6.49. The van der Waals surface area contributed by atoms with E-state index in [4.69, 9.17) is 5.11 Å². The summed E-state index contributed by atoms with van der Waals surface area (Å²) in [5.74, 6) is -1.60. The van der Waals surface area contributed by atoms with Crippen molar-refractivity contribution in [2.75, 3.05) is 10.6 Å². The molecule has 0 fully saturated rings. The van der Waals surface area contributed by atoms with Gasteiger partial charge < -0.3 is 25.8 Å². The van der Waals surface area contributed by atoms with Crippen molar-refractivity contribution in [2.45, 2.75) is 32.4 Å². The van der Waals surface area contributed by atoms with Crippen LogP contribution in [0.5, 0.6) is 0 Å². The monoisotopic (exact) mass is 416 g/mol. The SMILES string of the molecule is Cc1nc2ccc(CNc3ccsc3N[C@@H](CCC(=O)O)C(=O)O)cc2c(=O)[nH]1. The van der Waals surface area contributed by atoms with Gasteiger partial charge in [0.25, 0.3) is 5.56 Å². The Kier molecular flexibility index (Phi) is 6.13. The third-order valence-corrected chi connectivity index (χ3v) is 5.13. The van der Waals surface area contributed by atoms with Crippen LogP contribution in [0.4, 0.5) is 10.7 Å². The molecule has 3 aromatic rings. The van der Waals surface area contributed by atoms with E-state index in [1.165, 1.54) is 11.3 Å². The van der Waals surface area contributed by atoms with Crippen LogP contribution >= 0.6 is 11.3 Å². The van der Waals surface area contributed by atoms with E-state index >= 15 is 0 Å². The van der Waals surface area contributed by atoms with Gasteiger partial charge in [0.2, 0.25) is 0 Å². The molecule has 0 spiro atoms. The third kappa shape index (κ3) is 5.11. The highest BCUT2D eigenvalue weighted by Gasteiger charge is 2.20. The van der Waals surface area contributed by atoms with Gasteiger partial charge in [-0.15, -0.1) is 11.3 Å². The smallest absolute Gasteiger partial charge is 0.326 e. The Bertz CT molecular complexity index is 1110. The van der Waals surface area contributed by atoms with Crippen LogP contribution in [-0.4, -0.2) is 38.2 Å². The highest BCUT2D eigenvalue weighted by Crippen LogP contribution is 2.30. The summed E-state index contributed by atoms with van der Waals surface area (Å²) in [6.07, 6.45) is -0.265. The standard InChI is InChI=1S/C19H20N4O5S/c1-10-21-13-3-2-11(8-12(13)17(26)22-10)9-20-14-6-7-29-18(14)23-15(19(27)28)4-5-16(24)25/h2-3,6-8,15,20,23H,4-5,9H2,1H3,(H,24,25)(H,27,28)(H,21,22,26)/t15-/m0/s1. The Hall–Kier alpha value is -3.40. The normalized spacial score (nSPS) is 11.9. The molecule has 1 aromatic carbocycles. The lowest BCUT2D eigenvalue weighted by molar-refractivity contribution is -0.139. The number of carboxylic acids is 2. The first-order chi connectivity index (χ1) is 13.8. The second kappa shape index (κ2) is 8.74. The Morgan fingerprint density at radius 3 is 2.79 bits per heavy atom. The number of carbonyl (C=O) groups is 2. The first-order valence-electron chi connectivity index (χ1n) is 8.85. The van der Waals surface area contributed by atoms with Gasteiger partial charge in [-0.05, 0) is 42.5 Å². The zero-order valence-electron chi connectivity index (χ0n) is 15.6. The number of nitrogens with one attached hydrogen (secondary N) is 3. The number of nitrogens with zero attached hydrogens (tertiary/aromatic N) is 1. The molecule has 152 valence electrons. The number of hydrogen-bond donors (Lipinski definition) is 5. The van der Waals surface area contributed by atoms with E-state index < -0.39 is 18.0 Å². The first-order valence-corrected chi connectivity index (χ1v) is 9.73. The van der Waals surface area contributed by atoms with Gasteiger partial charge in [0.1, 0.15) is 16.9 Å². The van der Waals surface area contributed by atoms with E-state index in [0.29, 0.717) is 34.0 Å².